The molecule has 21 heavy (non-hydrogen) atoms. The van der Waals surface area contributed by atoms with Gasteiger partial charge >= 0.3 is 0 Å². The maximum absolute atomic E-state index is 11.9. The molecule has 6 nitrogen and oxygen atoms in total. The summed E-state index contributed by atoms with van der Waals surface area (Å²) >= 11 is 0. The number of hydrogen-bond acceptors (Lipinski definition) is 5. The minimum absolute atomic E-state index is 0.0346. The van der Waals surface area contributed by atoms with Gasteiger partial charge in [0.15, 0.2) is 0 Å². The predicted molar refractivity (Wildman–Crippen MR) is 78.2 cm³/mol. The summed E-state index contributed by atoms with van der Waals surface area (Å²) in [5, 5.41) is 6.75. The van der Waals surface area contributed by atoms with Crippen molar-refractivity contribution in [2.75, 3.05) is 0 Å². The molecular weight excluding hydrogens is 268 g/mol. The second-order valence-corrected chi connectivity index (χ2v) is 6.20. The molecule has 0 aliphatic rings. The predicted octanol–water partition coefficient (Wildman–Crippen LogP) is 2.75. The molecule has 112 valence electrons. The van der Waals surface area contributed by atoms with Crippen LogP contribution in [0.2, 0.25) is 0 Å². The molecule has 0 radical (unpaired) electrons. The Bertz CT molecular complexity index is 602. The monoisotopic (exact) mass is 288 g/mol. The van der Waals surface area contributed by atoms with Crippen molar-refractivity contribution < 1.29 is 9.32 Å². The fourth-order valence-corrected chi connectivity index (χ4v) is 1.85. The standard InChI is InChI=1S/C15H20N4O2/c1-10(17-12(20)9-15(2,3)4)14-18-13(19-21-14)11-7-5-6-8-16-11/h5-8,10H,9H2,1-4H3,(H,17,20). The van der Waals surface area contributed by atoms with Crippen LogP contribution in [-0.4, -0.2) is 21.0 Å². The summed E-state index contributed by atoms with van der Waals surface area (Å²) in [7, 11) is 0. The number of carbonyl (C=O) groups is 1. The first-order valence-corrected chi connectivity index (χ1v) is 6.89. The largest absolute Gasteiger partial charge is 0.345 e. The molecule has 2 aromatic heterocycles. The number of carbonyl (C=O) groups excluding carboxylic acids is 1. The number of amides is 1. The lowest BCUT2D eigenvalue weighted by atomic mass is 9.92. The summed E-state index contributed by atoms with van der Waals surface area (Å²) in [5.41, 5.74) is 0.582. The quantitative estimate of drug-likeness (QED) is 0.935. The summed E-state index contributed by atoms with van der Waals surface area (Å²) in [4.78, 5) is 20.3. The molecule has 1 amide bonds. The average Bonchev–Trinajstić information content (AvgIpc) is 2.87. The van der Waals surface area contributed by atoms with E-state index in [1.54, 1.807) is 12.3 Å². The van der Waals surface area contributed by atoms with Gasteiger partial charge in [0.1, 0.15) is 11.7 Å². The van der Waals surface area contributed by atoms with Gasteiger partial charge in [-0.3, -0.25) is 9.78 Å². The Balaban J connectivity index is 2.03. The van der Waals surface area contributed by atoms with Gasteiger partial charge in [-0.1, -0.05) is 32.0 Å². The van der Waals surface area contributed by atoms with Crippen molar-refractivity contribution in [3.8, 4) is 11.5 Å². The fourth-order valence-electron chi connectivity index (χ4n) is 1.85. The molecule has 0 fully saturated rings. The number of aromatic nitrogens is 3. The Labute approximate surface area is 124 Å². The van der Waals surface area contributed by atoms with E-state index in [1.807, 2.05) is 39.8 Å². The SMILES string of the molecule is CC(NC(=O)CC(C)(C)C)c1nc(-c2ccccn2)no1. The number of pyridine rings is 1. The molecular formula is C15H20N4O2. The highest BCUT2D eigenvalue weighted by molar-refractivity contribution is 5.76. The highest BCUT2D eigenvalue weighted by atomic mass is 16.5. The van der Waals surface area contributed by atoms with Crippen LogP contribution in [0.15, 0.2) is 28.9 Å². The number of nitrogens with zero attached hydrogens (tertiary/aromatic N) is 3. The minimum Gasteiger partial charge on any atom is -0.345 e. The molecule has 0 bridgehead atoms. The van der Waals surface area contributed by atoms with Crippen LogP contribution in [-0.2, 0) is 4.79 Å². The van der Waals surface area contributed by atoms with Gasteiger partial charge < -0.3 is 9.84 Å². The van der Waals surface area contributed by atoms with Gasteiger partial charge in [0.05, 0.1) is 0 Å². The highest BCUT2D eigenvalue weighted by Gasteiger charge is 2.21. The van der Waals surface area contributed by atoms with E-state index in [-0.39, 0.29) is 17.4 Å². The van der Waals surface area contributed by atoms with Crippen molar-refractivity contribution in [3.05, 3.63) is 30.3 Å². The second kappa shape index (κ2) is 6.03. The number of rotatable bonds is 4. The van der Waals surface area contributed by atoms with Crippen molar-refractivity contribution in [3.63, 3.8) is 0 Å². The van der Waals surface area contributed by atoms with Crippen LogP contribution in [0.5, 0.6) is 0 Å². The van der Waals surface area contributed by atoms with E-state index in [0.29, 0.717) is 23.8 Å². The first-order chi connectivity index (χ1) is 9.85. The zero-order valence-electron chi connectivity index (χ0n) is 12.8. The summed E-state index contributed by atoms with van der Waals surface area (Å²) < 4.78 is 5.20. The fraction of sp³-hybridized carbons (Fsp3) is 0.467. The molecule has 1 N–H and O–H groups in total. The molecule has 0 saturated carbocycles. The third-order valence-electron chi connectivity index (χ3n) is 2.77. The topological polar surface area (TPSA) is 80.9 Å². The number of hydrogen-bond donors (Lipinski definition) is 1. The van der Waals surface area contributed by atoms with Crippen LogP contribution < -0.4 is 5.32 Å². The van der Waals surface area contributed by atoms with Crippen LogP contribution >= 0.6 is 0 Å². The Morgan fingerprint density at radius 2 is 2.14 bits per heavy atom. The Kier molecular flexibility index (Phi) is 4.35. The zero-order chi connectivity index (χ0) is 15.5. The smallest absolute Gasteiger partial charge is 0.249 e. The maximum atomic E-state index is 11.9. The average molecular weight is 288 g/mol. The third kappa shape index (κ3) is 4.37. The van der Waals surface area contributed by atoms with Crippen LogP contribution in [0.3, 0.4) is 0 Å². The maximum Gasteiger partial charge on any atom is 0.249 e. The lowest BCUT2D eigenvalue weighted by Crippen LogP contribution is -2.30. The number of nitrogens with one attached hydrogen (secondary N) is 1. The summed E-state index contributed by atoms with van der Waals surface area (Å²) in [5.74, 6) is 0.757. The van der Waals surface area contributed by atoms with Crippen LogP contribution in [0.4, 0.5) is 0 Å². The van der Waals surface area contributed by atoms with E-state index in [1.165, 1.54) is 0 Å². The molecule has 0 aliphatic heterocycles. The van der Waals surface area contributed by atoms with Crippen molar-refractivity contribution in [1.82, 2.24) is 20.4 Å². The van der Waals surface area contributed by atoms with Gasteiger partial charge in [-0.15, -0.1) is 0 Å². The van der Waals surface area contributed by atoms with Gasteiger partial charge in [-0.2, -0.15) is 4.98 Å². The molecule has 2 aromatic rings. The molecule has 1 unspecified atom stereocenters. The van der Waals surface area contributed by atoms with Crippen molar-refractivity contribution in [1.29, 1.82) is 0 Å². The second-order valence-electron chi connectivity index (χ2n) is 6.20. The Morgan fingerprint density at radius 3 is 2.76 bits per heavy atom. The van der Waals surface area contributed by atoms with Gasteiger partial charge in [0.2, 0.25) is 17.6 Å². The Hall–Kier alpha value is -2.24. The normalized spacial score (nSPS) is 13.0. The van der Waals surface area contributed by atoms with Gasteiger partial charge in [0.25, 0.3) is 0 Å². The van der Waals surface area contributed by atoms with E-state index in [2.05, 4.69) is 20.4 Å². The molecule has 0 spiro atoms. The minimum atomic E-state index is -0.329. The molecule has 0 saturated heterocycles. The van der Waals surface area contributed by atoms with Crippen molar-refractivity contribution in [2.24, 2.45) is 5.41 Å². The van der Waals surface area contributed by atoms with Crippen LogP contribution in [0.25, 0.3) is 11.5 Å². The summed E-state index contributed by atoms with van der Waals surface area (Å²) in [6, 6.07) is 5.15. The van der Waals surface area contributed by atoms with E-state index in [4.69, 9.17) is 4.52 Å². The van der Waals surface area contributed by atoms with Gasteiger partial charge in [0, 0.05) is 12.6 Å². The Morgan fingerprint density at radius 1 is 1.38 bits per heavy atom. The zero-order valence-corrected chi connectivity index (χ0v) is 12.8. The first-order valence-electron chi connectivity index (χ1n) is 6.89. The van der Waals surface area contributed by atoms with Crippen molar-refractivity contribution >= 4 is 5.91 Å². The highest BCUT2D eigenvalue weighted by Crippen LogP contribution is 2.20. The molecule has 2 rings (SSSR count). The van der Waals surface area contributed by atoms with E-state index >= 15 is 0 Å². The van der Waals surface area contributed by atoms with E-state index in [0.717, 1.165) is 0 Å². The molecule has 0 aliphatic carbocycles. The molecule has 2 heterocycles. The van der Waals surface area contributed by atoms with Gasteiger partial charge in [-0.05, 0) is 24.5 Å². The first kappa shape index (κ1) is 15.2. The molecule has 6 heteroatoms. The third-order valence-corrected chi connectivity index (χ3v) is 2.77. The van der Waals surface area contributed by atoms with E-state index in [9.17, 15) is 4.79 Å². The summed E-state index contributed by atoms with van der Waals surface area (Å²) in [6.45, 7) is 7.87. The molecule has 0 aromatic carbocycles. The summed E-state index contributed by atoms with van der Waals surface area (Å²) in [6.07, 6.45) is 2.11. The van der Waals surface area contributed by atoms with Gasteiger partial charge in [-0.25, -0.2) is 0 Å². The molecule has 1 atom stereocenters. The van der Waals surface area contributed by atoms with E-state index < -0.39 is 0 Å². The van der Waals surface area contributed by atoms with Crippen LogP contribution in [0.1, 0.15) is 46.0 Å². The lowest BCUT2D eigenvalue weighted by molar-refractivity contribution is -0.123. The van der Waals surface area contributed by atoms with Crippen LogP contribution in [0, 0.1) is 5.41 Å². The lowest BCUT2D eigenvalue weighted by Gasteiger charge is -2.18. The van der Waals surface area contributed by atoms with Crippen molar-refractivity contribution in [2.45, 2.75) is 40.2 Å².